The minimum Gasteiger partial charge on any atom is -0.494 e. The number of hydrogen-bond donors (Lipinski definition) is 0. The monoisotopic (exact) mass is 432 g/mol. The lowest BCUT2D eigenvalue weighted by atomic mass is 9.73. The van der Waals surface area contributed by atoms with Gasteiger partial charge >= 0.3 is 11.9 Å². The lowest BCUT2D eigenvalue weighted by Crippen LogP contribution is -2.36. The van der Waals surface area contributed by atoms with Crippen LogP contribution in [-0.4, -0.2) is 32.3 Å². The fraction of sp³-hybridized carbons (Fsp3) is 0.615. The standard InChI is InChI=1S/C26H40O5/c1-20(2)19-26(5,21(3)4)25(28)31-18-10-8-7-9-17-30-23-14-11-22(12-15-23)13-16-24(27)29-6/h11-16,20-21H,7-10,17-19H2,1-6H3/b16-13+. The van der Waals surface area contributed by atoms with E-state index in [1.54, 1.807) is 6.08 Å². The highest BCUT2D eigenvalue weighted by atomic mass is 16.5. The van der Waals surface area contributed by atoms with Crippen LogP contribution < -0.4 is 4.74 Å². The van der Waals surface area contributed by atoms with Crippen LogP contribution in [0, 0.1) is 17.3 Å². The Kier molecular flexibility index (Phi) is 12.0. The maximum atomic E-state index is 12.6. The normalized spacial score (nSPS) is 13.4. The average molecular weight is 433 g/mol. The molecule has 0 aliphatic rings. The highest BCUT2D eigenvalue weighted by molar-refractivity contribution is 5.86. The maximum absolute atomic E-state index is 12.6. The van der Waals surface area contributed by atoms with Crippen molar-refractivity contribution in [3.63, 3.8) is 0 Å². The molecule has 1 aromatic rings. The zero-order chi connectivity index (χ0) is 23.3. The molecule has 174 valence electrons. The van der Waals surface area contributed by atoms with Crippen molar-refractivity contribution in [2.45, 2.75) is 66.7 Å². The van der Waals surface area contributed by atoms with E-state index in [-0.39, 0.29) is 17.9 Å². The highest BCUT2D eigenvalue weighted by Gasteiger charge is 2.38. The zero-order valence-corrected chi connectivity index (χ0v) is 20.1. The van der Waals surface area contributed by atoms with Gasteiger partial charge in [-0.15, -0.1) is 0 Å². The molecule has 1 aromatic carbocycles. The van der Waals surface area contributed by atoms with E-state index in [1.807, 2.05) is 31.2 Å². The number of carbonyl (C=O) groups is 2. The first-order valence-corrected chi connectivity index (χ1v) is 11.3. The van der Waals surface area contributed by atoms with Crippen molar-refractivity contribution < 1.29 is 23.8 Å². The van der Waals surface area contributed by atoms with Gasteiger partial charge in [-0.25, -0.2) is 4.79 Å². The summed E-state index contributed by atoms with van der Waals surface area (Å²) in [6, 6.07) is 7.57. The van der Waals surface area contributed by atoms with E-state index < -0.39 is 5.41 Å². The number of methoxy groups -OCH3 is 1. The molecular formula is C26H40O5. The first-order chi connectivity index (χ1) is 14.7. The Morgan fingerprint density at radius 3 is 2.13 bits per heavy atom. The second-order valence-electron chi connectivity index (χ2n) is 8.99. The van der Waals surface area contributed by atoms with Crippen molar-refractivity contribution in [2.75, 3.05) is 20.3 Å². The molecule has 0 N–H and O–H groups in total. The van der Waals surface area contributed by atoms with Crippen molar-refractivity contribution in [1.29, 1.82) is 0 Å². The maximum Gasteiger partial charge on any atom is 0.330 e. The summed E-state index contributed by atoms with van der Waals surface area (Å²) < 4.78 is 15.9. The van der Waals surface area contributed by atoms with Crippen LogP contribution in [0.25, 0.3) is 6.08 Å². The van der Waals surface area contributed by atoms with Gasteiger partial charge in [-0.05, 0) is 74.6 Å². The van der Waals surface area contributed by atoms with E-state index in [0.29, 0.717) is 19.1 Å². The number of carbonyl (C=O) groups excluding carboxylic acids is 2. The summed E-state index contributed by atoms with van der Waals surface area (Å²) in [5.74, 6) is 1.09. The molecule has 5 heteroatoms. The van der Waals surface area contributed by atoms with Gasteiger partial charge in [-0.3, -0.25) is 4.79 Å². The van der Waals surface area contributed by atoms with Crippen LogP contribution in [0.4, 0.5) is 0 Å². The van der Waals surface area contributed by atoms with E-state index >= 15 is 0 Å². The molecule has 0 bridgehead atoms. The molecule has 0 fully saturated rings. The van der Waals surface area contributed by atoms with Crippen molar-refractivity contribution >= 4 is 18.0 Å². The Balaban J connectivity index is 2.21. The predicted octanol–water partition coefficient (Wildman–Crippen LogP) is 6.06. The van der Waals surface area contributed by atoms with Crippen LogP contribution in [-0.2, 0) is 19.1 Å². The van der Waals surface area contributed by atoms with E-state index in [4.69, 9.17) is 9.47 Å². The molecular weight excluding hydrogens is 392 g/mol. The van der Waals surface area contributed by atoms with E-state index in [2.05, 4.69) is 32.4 Å². The van der Waals surface area contributed by atoms with Gasteiger partial charge in [0.05, 0.1) is 25.7 Å². The summed E-state index contributed by atoms with van der Waals surface area (Å²) in [6.07, 6.45) is 7.82. The van der Waals surface area contributed by atoms with Gasteiger partial charge in [0.1, 0.15) is 5.75 Å². The first-order valence-electron chi connectivity index (χ1n) is 11.3. The summed E-state index contributed by atoms with van der Waals surface area (Å²) in [5, 5.41) is 0. The van der Waals surface area contributed by atoms with Gasteiger partial charge in [0.2, 0.25) is 0 Å². The van der Waals surface area contributed by atoms with Crippen molar-refractivity contribution in [2.24, 2.45) is 17.3 Å². The Hall–Kier alpha value is -2.30. The van der Waals surface area contributed by atoms with Crippen molar-refractivity contribution in [3.8, 4) is 5.75 Å². The van der Waals surface area contributed by atoms with Gasteiger partial charge in [0.15, 0.2) is 0 Å². The third-order valence-electron chi connectivity index (χ3n) is 5.61. The zero-order valence-electron chi connectivity index (χ0n) is 20.1. The van der Waals surface area contributed by atoms with E-state index in [0.717, 1.165) is 43.4 Å². The Labute approximate surface area is 188 Å². The largest absolute Gasteiger partial charge is 0.494 e. The molecule has 0 spiro atoms. The summed E-state index contributed by atoms with van der Waals surface area (Å²) >= 11 is 0. The summed E-state index contributed by atoms with van der Waals surface area (Å²) in [5.41, 5.74) is 0.501. The summed E-state index contributed by atoms with van der Waals surface area (Å²) in [4.78, 5) is 23.7. The number of rotatable bonds is 14. The van der Waals surface area contributed by atoms with Crippen LogP contribution in [0.5, 0.6) is 5.75 Å². The SMILES string of the molecule is COC(=O)/C=C/c1ccc(OCCCCCCOC(=O)C(C)(CC(C)C)C(C)C)cc1. The topological polar surface area (TPSA) is 61.8 Å². The molecule has 1 unspecified atom stereocenters. The molecule has 5 nitrogen and oxygen atoms in total. The minimum absolute atomic E-state index is 0.0654. The molecule has 0 amide bonds. The molecule has 0 saturated carbocycles. The molecule has 0 aliphatic heterocycles. The quantitative estimate of drug-likeness (QED) is 0.203. The lowest BCUT2D eigenvalue weighted by molar-refractivity contribution is -0.159. The lowest BCUT2D eigenvalue weighted by Gasteiger charge is -2.32. The average Bonchev–Trinajstić information content (AvgIpc) is 2.73. The molecule has 0 heterocycles. The van der Waals surface area contributed by atoms with Gasteiger partial charge in [0, 0.05) is 6.08 Å². The number of ether oxygens (including phenoxy) is 3. The van der Waals surface area contributed by atoms with Gasteiger partial charge < -0.3 is 14.2 Å². The Morgan fingerprint density at radius 1 is 0.968 bits per heavy atom. The number of hydrogen-bond acceptors (Lipinski definition) is 5. The minimum atomic E-state index is -0.410. The van der Waals surface area contributed by atoms with Gasteiger partial charge in [0.25, 0.3) is 0 Å². The molecule has 0 aromatic heterocycles. The Morgan fingerprint density at radius 2 is 1.58 bits per heavy atom. The smallest absolute Gasteiger partial charge is 0.330 e. The molecule has 31 heavy (non-hydrogen) atoms. The molecule has 1 rings (SSSR count). The molecule has 1 atom stereocenters. The fourth-order valence-corrected chi connectivity index (χ4v) is 3.39. The first kappa shape index (κ1) is 26.7. The Bertz CT molecular complexity index is 690. The van der Waals surface area contributed by atoms with Crippen molar-refractivity contribution in [1.82, 2.24) is 0 Å². The number of benzene rings is 1. The second-order valence-corrected chi connectivity index (χ2v) is 8.99. The van der Waals surface area contributed by atoms with E-state index in [9.17, 15) is 9.59 Å². The second kappa shape index (κ2) is 13.9. The number of esters is 2. The van der Waals surface area contributed by atoms with Gasteiger partial charge in [-0.1, -0.05) is 39.8 Å². The summed E-state index contributed by atoms with van der Waals surface area (Å²) in [6.45, 7) is 11.6. The van der Waals surface area contributed by atoms with Crippen LogP contribution in [0.1, 0.15) is 72.3 Å². The third kappa shape index (κ3) is 10.0. The van der Waals surface area contributed by atoms with Crippen LogP contribution in [0.2, 0.25) is 0 Å². The predicted molar refractivity (Wildman–Crippen MR) is 125 cm³/mol. The molecule has 0 aliphatic carbocycles. The molecule has 0 saturated heterocycles. The summed E-state index contributed by atoms with van der Waals surface area (Å²) in [7, 11) is 1.35. The van der Waals surface area contributed by atoms with Crippen LogP contribution in [0.3, 0.4) is 0 Å². The van der Waals surface area contributed by atoms with E-state index in [1.165, 1.54) is 13.2 Å². The third-order valence-corrected chi connectivity index (χ3v) is 5.61. The van der Waals surface area contributed by atoms with Crippen molar-refractivity contribution in [3.05, 3.63) is 35.9 Å². The van der Waals surface area contributed by atoms with Crippen LogP contribution in [0.15, 0.2) is 30.3 Å². The molecule has 0 radical (unpaired) electrons. The number of unbranched alkanes of at least 4 members (excludes halogenated alkanes) is 3. The van der Waals surface area contributed by atoms with Gasteiger partial charge in [-0.2, -0.15) is 0 Å². The highest BCUT2D eigenvalue weighted by Crippen LogP contribution is 2.35. The fourth-order valence-electron chi connectivity index (χ4n) is 3.39. The van der Waals surface area contributed by atoms with Crippen LogP contribution >= 0.6 is 0 Å².